The van der Waals surface area contributed by atoms with Gasteiger partial charge in [0.15, 0.2) is 11.5 Å². The zero-order chi connectivity index (χ0) is 19.8. The number of hydrogen-bond acceptors (Lipinski definition) is 5. The standard InChI is InChI=1S/C20H27BrN2O4/c1-5-25-18-10-14(15(21)12-19(18)26-6-2)11-20(24)22-13-16(23(3)4)17-8-7-9-27-17/h7-10,12,16H,5-6,11,13H2,1-4H3,(H,22,24). The summed E-state index contributed by atoms with van der Waals surface area (Å²) < 4.78 is 17.5. The van der Waals surface area contributed by atoms with Gasteiger partial charge in [0.1, 0.15) is 5.76 Å². The Kier molecular flexibility index (Phi) is 8.19. The predicted molar refractivity (Wildman–Crippen MR) is 108 cm³/mol. The molecular formula is C20H27BrN2O4. The van der Waals surface area contributed by atoms with Crippen LogP contribution in [-0.4, -0.2) is 44.7 Å². The number of carbonyl (C=O) groups excluding carboxylic acids is 1. The molecule has 148 valence electrons. The minimum atomic E-state index is -0.0688. The van der Waals surface area contributed by atoms with Crippen LogP contribution in [0.1, 0.15) is 31.2 Å². The van der Waals surface area contributed by atoms with Gasteiger partial charge in [-0.1, -0.05) is 15.9 Å². The van der Waals surface area contributed by atoms with Gasteiger partial charge in [-0.05, 0) is 57.8 Å². The molecule has 1 N–H and O–H groups in total. The van der Waals surface area contributed by atoms with E-state index in [1.807, 2.05) is 57.1 Å². The number of halogens is 1. The smallest absolute Gasteiger partial charge is 0.224 e. The monoisotopic (exact) mass is 438 g/mol. The van der Waals surface area contributed by atoms with Gasteiger partial charge in [-0.3, -0.25) is 9.69 Å². The Morgan fingerprint density at radius 1 is 1.22 bits per heavy atom. The summed E-state index contributed by atoms with van der Waals surface area (Å²) in [6.07, 6.45) is 1.88. The van der Waals surface area contributed by atoms with Crippen molar-refractivity contribution in [3.8, 4) is 11.5 Å². The maximum Gasteiger partial charge on any atom is 0.224 e. The van der Waals surface area contributed by atoms with E-state index >= 15 is 0 Å². The number of rotatable bonds is 10. The highest BCUT2D eigenvalue weighted by atomic mass is 79.9. The van der Waals surface area contributed by atoms with Crippen molar-refractivity contribution in [1.82, 2.24) is 10.2 Å². The van der Waals surface area contributed by atoms with Gasteiger partial charge in [0.05, 0.1) is 31.9 Å². The number of furan rings is 1. The summed E-state index contributed by atoms with van der Waals surface area (Å²) >= 11 is 3.53. The van der Waals surface area contributed by atoms with Gasteiger partial charge in [0, 0.05) is 11.0 Å². The SMILES string of the molecule is CCOc1cc(Br)c(CC(=O)NCC(c2ccco2)N(C)C)cc1OCC. The van der Waals surface area contributed by atoms with Gasteiger partial charge in [-0.15, -0.1) is 0 Å². The number of ether oxygens (including phenoxy) is 2. The second-order valence-electron chi connectivity index (χ2n) is 6.23. The number of amides is 1. The molecule has 0 saturated heterocycles. The van der Waals surface area contributed by atoms with Crippen LogP contribution < -0.4 is 14.8 Å². The first-order chi connectivity index (χ1) is 13.0. The van der Waals surface area contributed by atoms with Crippen molar-refractivity contribution in [1.29, 1.82) is 0 Å². The summed E-state index contributed by atoms with van der Waals surface area (Å²) in [6, 6.07) is 7.44. The molecule has 0 aliphatic rings. The minimum absolute atomic E-state index is 0.0216. The van der Waals surface area contributed by atoms with E-state index in [0.29, 0.717) is 31.3 Å². The Hall–Kier alpha value is -1.99. The number of nitrogens with one attached hydrogen (secondary N) is 1. The van der Waals surface area contributed by atoms with Crippen LogP contribution in [0.25, 0.3) is 0 Å². The van der Waals surface area contributed by atoms with E-state index in [0.717, 1.165) is 15.8 Å². The van der Waals surface area contributed by atoms with Crippen molar-refractivity contribution in [2.45, 2.75) is 26.3 Å². The lowest BCUT2D eigenvalue weighted by atomic mass is 10.1. The first-order valence-electron chi connectivity index (χ1n) is 9.00. The molecule has 0 spiro atoms. The Labute approximate surface area is 168 Å². The summed E-state index contributed by atoms with van der Waals surface area (Å²) in [5.41, 5.74) is 0.846. The highest BCUT2D eigenvalue weighted by Crippen LogP contribution is 2.34. The molecule has 1 aromatic carbocycles. The van der Waals surface area contributed by atoms with E-state index in [9.17, 15) is 4.79 Å². The molecule has 1 aromatic heterocycles. The lowest BCUT2D eigenvalue weighted by Crippen LogP contribution is -2.35. The largest absolute Gasteiger partial charge is 0.490 e. The van der Waals surface area contributed by atoms with Gasteiger partial charge in [0.2, 0.25) is 5.91 Å². The third kappa shape index (κ3) is 6.01. The Morgan fingerprint density at radius 3 is 2.44 bits per heavy atom. The molecule has 2 rings (SSSR count). The van der Waals surface area contributed by atoms with E-state index in [1.54, 1.807) is 6.26 Å². The van der Waals surface area contributed by atoms with Crippen LogP contribution in [0.3, 0.4) is 0 Å². The molecule has 0 radical (unpaired) electrons. The number of hydrogen-bond donors (Lipinski definition) is 1. The molecule has 6 nitrogen and oxygen atoms in total. The van der Waals surface area contributed by atoms with Gasteiger partial charge in [-0.2, -0.15) is 0 Å². The van der Waals surface area contributed by atoms with Gasteiger partial charge in [-0.25, -0.2) is 0 Å². The molecule has 0 aliphatic carbocycles. The average Bonchev–Trinajstić information content (AvgIpc) is 3.13. The van der Waals surface area contributed by atoms with Crippen LogP contribution in [0.15, 0.2) is 39.4 Å². The Balaban J connectivity index is 2.05. The van der Waals surface area contributed by atoms with Gasteiger partial charge >= 0.3 is 0 Å². The van der Waals surface area contributed by atoms with Crippen LogP contribution in [0, 0.1) is 0 Å². The molecule has 0 aliphatic heterocycles. The zero-order valence-corrected chi connectivity index (χ0v) is 17.8. The van der Waals surface area contributed by atoms with Crippen molar-refractivity contribution >= 4 is 21.8 Å². The Morgan fingerprint density at radius 2 is 1.89 bits per heavy atom. The molecule has 1 amide bonds. The van der Waals surface area contributed by atoms with Crippen LogP contribution in [0.5, 0.6) is 11.5 Å². The van der Waals surface area contributed by atoms with Crippen molar-refractivity contribution in [2.24, 2.45) is 0 Å². The number of carbonyl (C=O) groups is 1. The summed E-state index contributed by atoms with van der Waals surface area (Å²) in [5, 5.41) is 2.99. The average molecular weight is 439 g/mol. The fraction of sp³-hybridized carbons (Fsp3) is 0.450. The lowest BCUT2D eigenvalue weighted by molar-refractivity contribution is -0.120. The molecule has 1 unspecified atom stereocenters. The first-order valence-corrected chi connectivity index (χ1v) is 9.80. The molecule has 0 saturated carbocycles. The van der Waals surface area contributed by atoms with E-state index in [2.05, 4.69) is 21.2 Å². The minimum Gasteiger partial charge on any atom is -0.490 e. The third-order valence-corrected chi connectivity index (χ3v) is 4.79. The van der Waals surface area contributed by atoms with E-state index in [4.69, 9.17) is 13.9 Å². The molecule has 1 atom stereocenters. The first kappa shape index (κ1) is 21.3. The molecule has 2 aromatic rings. The van der Waals surface area contributed by atoms with Crippen molar-refractivity contribution < 1.29 is 18.7 Å². The molecular weight excluding hydrogens is 412 g/mol. The summed E-state index contributed by atoms with van der Waals surface area (Å²) in [6.45, 7) is 5.38. The van der Waals surface area contributed by atoms with E-state index < -0.39 is 0 Å². The zero-order valence-electron chi connectivity index (χ0n) is 16.3. The molecule has 7 heteroatoms. The fourth-order valence-corrected chi connectivity index (χ4v) is 3.18. The molecule has 0 fully saturated rings. The second kappa shape index (κ2) is 10.4. The third-order valence-electron chi connectivity index (χ3n) is 4.05. The van der Waals surface area contributed by atoms with Crippen LogP contribution in [-0.2, 0) is 11.2 Å². The Bertz CT molecular complexity index is 732. The number of benzene rings is 1. The normalized spacial score (nSPS) is 12.1. The van der Waals surface area contributed by atoms with Crippen molar-refractivity contribution in [3.63, 3.8) is 0 Å². The van der Waals surface area contributed by atoms with Gasteiger partial charge < -0.3 is 19.2 Å². The maximum absolute atomic E-state index is 12.5. The second-order valence-corrected chi connectivity index (χ2v) is 7.09. The highest BCUT2D eigenvalue weighted by molar-refractivity contribution is 9.10. The van der Waals surface area contributed by atoms with Crippen molar-refractivity contribution in [2.75, 3.05) is 33.9 Å². The van der Waals surface area contributed by atoms with E-state index in [1.165, 1.54) is 0 Å². The quantitative estimate of drug-likeness (QED) is 0.610. The maximum atomic E-state index is 12.5. The highest BCUT2D eigenvalue weighted by Gasteiger charge is 2.19. The molecule has 27 heavy (non-hydrogen) atoms. The van der Waals surface area contributed by atoms with Crippen molar-refractivity contribution in [3.05, 3.63) is 46.3 Å². The summed E-state index contributed by atoms with van der Waals surface area (Å²) in [5.74, 6) is 2.06. The number of nitrogens with zero attached hydrogens (tertiary/aromatic N) is 1. The van der Waals surface area contributed by atoms with Crippen LogP contribution in [0.4, 0.5) is 0 Å². The van der Waals surface area contributed by atoms with Gasteiger partial charge in [0.25, 0.3) is 0 Å². The molecule has 1 heterocycles. The van der Waals surface area contributed by atoms with Crippen LogP contribution >= 0.6 is 15.9 Å². The lowest BCUT2D eigenvalue weighted by Gasteiger charge is -2.22. The number of likely N-dealkylation sites (N-methyl/N-ethyl adjacent to an activating group) is 1. The van der Waals surface area contributed by atoms with Crippen LogP contribution in [0.2, 0.25) is 0 Å². The van der Waals surface area contributed by atoms with E-state index in [-0.39, 0.29) is 18.4 Å². The fourth-order valence-electron chi connectivity index (χ4n) is 2.71. The summed E-state index contributed by atoms with van der Waals surface area (Å²) in [7, 11) is 3.91. The summed E-state index contributed by atoms with van der Waals surface area (Å²) in [4.78, 5) is 14.5. The molecule has 0 bridgehead atoms. The predicted octanol–water partition coefficient (Wildman–Crippen LogP) is 3.80. The topological polar surface area (TPSA) is 63.9 Å².